The molecule has 0 bridgehead atoms. The van der Waals surface area contributed by atoms with E-state index < -0.39 is 0 Å². The maximum Gasteiger partial charge on any atom is 0.140 e. The van der Waals surface area contributed by atoms with E-state index in [9.17, 15) is 0 Å². The zero-order chi connectivity index (χ0) is 8.55. The van der Waals surface area contributed by atoms with Crippen LogP contribution in [0.15, 0.2) is 29.0 Å². The van der Waals surface area contributed by atoms with Crippen LogP contribution in [0.3, 0.4) is 0 Å². The van der Waals surface area contributed by atoms with Crippen molar-refractivity contribution in [2.24, 2.45) is 0 Å². The Hall–Kier alpha value is -0.380. The maximum atomic E-state index is 5.86. The molecule has 1 heterocycles. The van der Waals surface area contributed by atoms with Crippen LogP contribution in [0.25, 0.3) is 10.9 Å². The number of rotatable bonds is 0. The average Bonchev–Trinajstić information content (AvgIpc) is 2.07. The van der Waals surface area contributed by atoms with Crippen molar-refractivity contribution in [3.63, 3.8) is 0 Å². The van der Waals surface area contributed by atoms with E-state index >= 15 is 0 Å². The van der Waals surface area contributed by atoms with Gasteiger partial charge >= 0.3 is 0 Å². The highest BCUT2D eigenvalue weighted by Crippen LogP contribution is 2.22. The first-order chi connectivity index (χ1) is 5.77. The topological polar surface area (TPSA) is 25.8 Å². The first kappa shape index (κ1) is 10.7. The Balaban J connectivity index is 0.000000845. The highest BCUT2D eigenvalue weighted by Gasteiger charge is 2.00. The molecule has 1 aromatic carbocycles. The molecule has 1 aromatic heterocycles. The lowest BCUT2D eigenvalue weighted by atomic mass is 10.2. The molecule has 0 atom stereocenters. The van der Waals surface area contributed by atoms with Gasteiger partial charge < -0.3 is 0 Å². The Kier molecular flexibility index (Phi) is 3.47. The van der Waals surface area contributed by atoms with Crippen molar-refractivity contribution < 1.29 is 0 Å². The Bertz CT molecular complexity index is 433. The van der Waals surface area contributed by atoms with Crippen LogP contribution in [-0.4, -0.2) is 9.97 Å². The summed E-state index contributed by atoms with van der Waals surface area (Å²) in [7, 11) is 0. The zero-order valence-corrected chi connectivity index (χ0v) is 9.53. The predicted molar refractivity (Wildman–Crippen MR) is 59.5 cm³/mol. The van der Waals surface area contributed by atoms with Gasteiger partial charge in [0.05, 0.1) is 5.52 Å². The van der Waals surface area contributed by atoms with Gasteiger partial charge in [0.2, 0.25) is 0 Å². The summed E-state index contributed by atoms with van der Waals surface area (Å²) in [5.74, 6) is 0. The molecule has 0 unspecified atom stereocenters. The molecular weight excluding hydrogens is 275 g/mol. The van der Waals surface area contributed by atoms with Gasteiger partial charge in [0.1, 0.15) is 11.5 Å². The Labute approximate surface area is 94.9 Å². The fraction of sp³-hybridized carbons (Fsp3) is 0. The summed E-state index contributed by atoms with van der Waals surface area (Å²) >= 11 is 9.21. The van der Waals surface area contributed by atoms with Crippen LogP contribution < -0.4 is 0 Å². The van der Waals surface area contributed by atoms with E-state index in [0.29, 0.717) is 5.15 Å². The number of benzene rings is 1. The molecule has 0 aliphatic rings. The maximum absolute atomic E-state index is 5.86. The van der Waals surface area contributed by atoms with E-state index in [2.05, 4.69) is 25.9 Å². The van der Waals surface area contributed by atoms with Crippen LogP contribution >= 0.6 is 39.9 Å². The van der Waals surface area contributed by atoms with E-state index in [1.54, 1.807) is 0 Å². The van der Waals surface area contributed by atoms with Crippen molar-refractivity contribution in [2.75, 3.05) is 0 Å². The summed E-state index contributed by atoms with van der Waals surface area (Å²) < 4.78 is 0.978. The highest BCUT2D eigenvalue weighted by molar-refractivity contribution is 9.10. The largest absolute Gasteiger partial charge is 0.236 e. The van der Waals surface area contributed by atoms with Gasteiger partial charge in [0, 0.05) is 9.86 Å². The fourth-order valence-corrected chi connectivity index (χ4v) is 1.55. The van der Waals surface area contributed by atoms with Gasteiger partial charge in [-0.05, 0) is 18.2 Å². The Morgan fingerprint density at radius 3 is 2.77 bits per heavy atom. The summed E-state index contributed by atoms with van der Waals surface area (Å²) in [5.41, 5.74) is 0.859. The second-order valence-electron chi connectivity index (χ2n) is 2.33. The van der Waals surface area contributed by atoms with Gasteiger partial charge in [0.15, 0.2) is 0 Å². The molecule has 0 radical (unpaired) electrons. The number of hydrogen-bond donors (Lipinski definition) is 0. The van der Waals surface area contributed by atoms with Gasteiger partial charge in [0.25, 0.3) is 0 Å². The lowest BCUT2D eigenvalue weighted by Gasteiger charge is -1.97. The molecule has 13 heavy (non-hydrogen) atoms. The number of aromatic nitrogens is 2. The lowest BCUT2D eigenvalue weighted by molar-refractivity contribution is 1.22. The SMILES string of the molecule is Cl.Clc1ncnc2ccc(Br)cc12. The monoisotopic (exact) mass is 278 g/mol. The minimum absolute atomic E-state index is 0. The third kappa shape index (κ3) is 2.10. The predicted octanol–water partition coefficient (Wildman–Crippen LogP) is 3.47. The highest BCUT2D eigenvalue weighted by atomic mass is 79.9. The van der Waals surface area contributed by atoms with E-state index in [-0.39, 0.29) is 12.4 Å². The Morgan fingerprint density at radius 2 is 2.00 bits per heavy atom. The summed E-state index contributed by atoms with van der Waals surface area (Å²) in [6, 6.07) is 5.72. The van der Waals surface area contributed by atoms with Crippen molar-refractivity contribution in [3.05, 3.63) is 34.2 Å². The van der Waals surface area contributed by atoms with Crippen LogP contribution in [0.5, 0.6) is 0 Å². The van der Waals surface area contributed by atoms with Gasteiger partial charge in [-0.1, -0.05) is 27.5 Å². The third-order valence-electron chi connectivity index (χ3n) is 1.55. The Morgan fingerprint density at radius 1 is 1.23 bits per heavy atom. The first-order valence-corrected chi connectivity index (χ1v) is 4.50. The molecule has 0 aliphatic carbocycles. The summed E-state index contributed by atoms with van der Waals surface area (Å²) in [6.45, 7) is 0. The number of halogens is 3. The van der Waals surface area contributed by atoms with Crippen molar-refractivity contribution in [1.82, 2.24) is 9.97 Å². The van der Waals surface area contributed by atoms with Crippen LogP contribution in [0.2, 0.25) is 5.15 Å². The molecule has 2 aromatic rings. The zero-order valence-electron chi connectivity index (χ0n) is 6.37. The molecular formula is C8H5BrCl2N2. The molecule has 2 rings (SSSR count). The third-order valence-corrected chi connectivity index (χ3v) is 2.34. The molecule has 2 nitrogen and oxygen atoms in total. The number of nitrogens with zero attached hydrogens (tertiary/aromatic N) is 2. The quantitative estimate of drug-likeness (QED) is 0.690. The van der Waals surface area contributed by atoms with Crippen LogP contribution in [0, 0.1) is 0 Å². The molecule has 5 heteroatoms. The summed E-state index contributed by atoms with van der Waals surface area (Å²) in [5, 5.41) is 1.36. The molecule has 0 aliphatic heterocycles. The van der Waals surface area contributed by atoms with E-state index in [1.807, 2.05) is 18.2 Å². The molecule has 68 valence electrons. The van der Waals surface area contributed by atoms with Crippen molar-refractivity contribution in [3.8, 4) is 0 Å². The van der Waals surface area contributed by atoms with Crippen molar-refractivity contribution in [2.45, 2.75) is 0 Å². The average molecular weight is 280 g/mol. The number of fused-ring (bicyclic) bond motifs is 1. The standard InChI is InChI=1S/C8H4BrClN2.ClH/c9-5-1-2-7-6(3-5)8(10)12-4-11-7;/h1-4H;1H. The molecule has 0 saturated heterocycles. The first-order valence-electron chi connectivity index (χ1n) is 3.33. The minimum atomic E-state index is 0. The smallest absolute Gasteiger partial charge is 0.140 e. The van der Waals surface area contributed by atoms with E-state index in [1.165, 1.54) is 6.33 Å². The van der Waals surface area contributed by atoms with E-state index in [0.717, 1.165) is 15.4 Å². The van der Waals surface area contributed by atoms with Crippen molar-refractivity contribution in [1.29, 1.82) is 0 Å². The summed E-state index contributed by atoms with van der Waals surface area (Å²) in [6.07, 6.45) is 1.46. The van der Waals surface area contributed by atoms with Gasteiger partial charge in [-0.2, -0.15) is 0 Å². The van der Waals surface area contributed by atoms with Gasteiger partial charge in [-0.15, -0.1) is 12.4 Å². The van der Waals surface area contributed by atoms with Crippen LogP contribution in [-0.2, 0) is 0 Å². The molecule has 0 N–H and O–H groups in total. The van der Waals surface area contributed by atoms with E-state index in [4.69, 9.17) is 11.6 Å². The fourth-order valence-electron chi connectivity index (χ4n) is 0.997. The number of hydrogen-bond acceptors (Lipinski definition) is 2. The van der Waals surface area contributed by atoms with Crippen LogP contribution in [0.1, 0.15) is 0 Å². The lowest BCUT2D eigenvalue weighted by Crippen LogP contribution is -1.82. The molecule has 0 amide bonds. The van der Waals surface area contributed by atoms with Crippen molar-refractivity contribution >= 4 is 50.8 Å². The molecule has 0 spiro atoms. The minimum Gasteiger partial charge on any atom is -0.236 e. The second-order valence-corrected chi connectivity index (χ2v) is 3.60. The normalized spacial score (nSPS) is 9.69. The molecule has 0 fully saturated rings. The van der Waals surface area contributed by atoms with Gasteiger partial charge in [-0.25, -0.2) is 9.97 Å². The second kappa shape index (κ2) is 4.22. The van der Waals surface area contributed by atoms with Crippen LogP contribution in [0.4, 0.5) is 0 Å². The summed E-state index contributed by atoms with van der Waals surface area (Å²) in [4.78, 5) is 7.95. The van der Waals surface area contributed by atoms with Gasteiger partial charge in [-0.3, -0.25) is 0 Å². The molecule has 0 saturated carbocycles.